The summed E-state index contributed by atoms with van der Waals surface area (Å²) in [4.78, 5) is 7.02. The van der Waals surface area contributed by atoms with Crippen LogP contribution >= 0.6 is 0 Å². The molecule has 1 aliphatic carbocycles. The van der Waals surface area contributed by atoms with Gasteiger partial charge in [-0.2, -0.15) is 0 Å². The predicted molar refractivity (Wildman–Crippen MR) is 77.5 cm³/mol. The highest BCUT2D eigenvalue weighted by molar-refractivity contribution is 5.41. The first-order valence-corrected chi connectivity index (χ1v) is 7.44. The summed E-state index contributed by atoms with van der Waals surface area (Å²) < 4.78 is 5.77. The Hall–Kier alpha value is -1.09. The Morgan fingerprint density at radius 2 is 2.21 bits per heavy atom. The first kappa shape index (κ1) is 12.9. The number of rotatable bonds is 2. The SMILES string of the molecule is CO[C@@H]1CCC[C@@]12CCCN(c1cc(C)ccn1)C2. The zero-order valence-electron chi connectivity index (χ0n) is 12.1. The molecule has 0 bridgehead atoms. The number of hydrogen-bond donors (Lipinski definition) is 0. The number of hydrogen-bond acceptors (Lipinski definition) is 3. The minimum Gasteiger partial charge on any atom is -0.381 e. The van der Waals surface area contributed by atoms with E-state index in [-0.39, 0.29) is 0 Å². The second-order valence-electron chi connectivity index (χ2n) is 6.20. The van der Waals surface area contributed by atoms with E-state index in [1.165, 1.54) is 37.7 Å². The molecule has 1 saturated heterocycles. The van der Waals surface area contributed by atoms with Crippen LogP contribution in [0.2, 0.25) is 0 Å². The Labute approximate surface area is 116 Å². The van der Waals surface area contributed by atoms with E-state index in [9.17, 15) is 0 Å². The van der Waals surface area contributed by atoms with Gasteiger partial charge in [-0.15, -0.1) is 0 Å². The van der Waals surface area contributed by atoms with E-state index in [0.29, 0.717) is 11.5 Å². The molecule has 0 aromatic carbocycles. The summed E-state index contributed by atoms with van der Waals surface area (Å²) in [5.74, 6) is 1.14. The Morgan fingerprint density at radius 1 is 1.37 bits per heavy atom. The summed E-state index contributed by atoms with van der Waals surface area (Å²) in [6.07, 6.45) is 8.80. The number of aromatic nitrogens is 1. The van der Waals surface area contributed by atoms with Gasteiger partial charge in [0.05, 0.1) is 6.10 Å². The fourth-order valence-electron chi connectivity index (χ4n) is 3.99. The fourth-order valence-corrected chi connectivity index (χ4v) is 3.99. The van der Waals surface area contributed by atoms with Gasteiger partial charge in [0.15, 0.2) is 0 Å². The quantitative estimate of drug-likeness (QED) is 0.816. The molecule has 0 N–H and O–H groups in total. The normalized spacial score (nSPS) is 31.1. The average molecular weight is 260 g/mol. The van der Waals surface area contributed by atoms with E-state index in [1.54, 1.807) is 0 Å². The van der Waals surface area contributed by atoms with Gasteiger partial charge in [0.1, 0.15) is 5.82 Å². The number of methoxy groups -OCH3 is 1. The van der Waals surface area contributed by atoms with Crippen molar-refractivity contribution < 1.29 is 4.74 Å². The number of pyridine rings is 1. The van der Waals surface area contributed by atoms with E-state index in [1.807, 2.05) is 13.3 Å². The molecule has 19 heavy (non-hydrogen) atoms. The highest BCUT2D eigenvalue weighted by Crippen LogP contribution is 2.46. The molecule has 0 unspecified atom stereocenters. The standard InChI is InChI=1S/C16H24N2O/c1-13-6-9-17-15(11-13)18-10-4-8-16(12-18)7-3-5-14(16)19-2/h6,9,11,14H,3-5,7-8,10,12H2,1-2H3/t14-,16+/m1/s1. The van der Waals surface area contributed by atoms with Gasteiger partial charge in [0, 0.05) is 31.8 Å². The van der Waals surface area contributed by atoms with Crippen LogP contribution in [-0.4, -0.2) is 31.3 Å². The first-order valence-electron chi connectivity index (χ1n) is 7.44. The Balaban J connectivity index is 1.81. The molecule has 1 saturated carbocycles. The van der Waals surface area contributed by atoms with Gasteiger partial charge < -0.3 is 9.64 Å². The molecular weight excluding hydrogens is 236 g/mol. The Bertz CT molecular complexity index is 448. The zero-order chi connectivity index (χ0) is 13.3. The lowest BCUT2D eigenvalue weighted by Crippen LogP contribution is -2.48. The van der Waals surface area contributed by atoms with Gasteiger partial charge in [-0.3, -0.25) is 0 Å². The maximum atomic E-state index is 5.77. The molecule has 0 amide bonds. The third-order valence-electron chi connectivity index (χ3n) is 4.94. The highest BCUT2D eigenvalue weighted by atomic mass is 16.5. The van der Waals surface area contributed by atoms with E-state index < -0.39 is 0 Å². The molecule has 1 aromatic rings. The van der Waals surface area contributed by atoms with Crippen molar-refractivity contribution in [3.63, 3.8) is 0 Å². The van der Waals surface area contributed by atoms with Crippen molar-refractivity contribution in [3.05, 3.63) is 23.9 Å². The monoisotopic (exact) mass is 260 g/mol. The largest absolute Gasteiger partial charge is 0.381 e. The molecule has 2 atom stereocenters. The zero-order valence-corrected chi connectivity index (χ0v) is 12.1. The van der Waals surface area contributed by atoms with Crippen molar-refractivity contribution in [1.82, 2.24) is 4.98 Å². The van der Waals surface area contributed by atoms with Crippen LogP contribution in [0.15, 0.2) is 18.3 Å². The van der Waals surface area contributed by atoms with Crippen LogP contribution in [0.25, 0.3) is 0 Å². The molecule has 0 radical (unpaired) electrons. The van der Waals surface area contributed by atoms with Crippen molar-refractivity contribution in [2.75, 3.05) is 25.1 Å². The third kappa shape index (κ3) is 2.36. The van der Waals surface area contributed by atoms with Crippen molar-refractivity contribution in [2.24, 2.45) is 5.41 Å². The van der Waals surface area contributed by atoms with Crippen molar-refractivity contribution >= 4 is 5.82 Å². The van der Waals surface area contributed by atoms with Crippen LogP contribution in [0.3, 0.4) is 0 Å². The van der Waals surface area contributed by atoms with Crippen LogP contribution < -0.4 is 4.90 Å². The second-order valence-corrected chi connectivity index (χ2v) is 6.20. The number of anilines is 1. The molecule has 3 rings (SSSR count). The lowest BCUT2D eigenvalue weighted by molar-refractivity contribution is 0.00216. The molecule has 2 fully saturated rings. The van der Waals surface area contributed by atoms with Crippen molar-refractivity contribution in [2.45, 2.75) is 45.1 Å². The summed E-state index contributed by atoms with van der Waals surface area (Å²) >= 11 is 0. The summed E-state index contributed by atoms with van der Waals surface area (Å²) in [6.45, 7) is 4.38. The fraction of sp³-hybridized carbons (Fsp3) is 0.688. The number of piperidine rings is 1. The molecule has 1 aliphatic heterocycles. The maximum absolute atomic E-state index is 5.77. The van der Waals surface area contributed by atoms with Crippen molar-refractivity contribution in [1.29, 1.82) is 0 Å². The van der Waals surface area contributed by atoms with Crippen LogP contribution in [0, 0.1) is 12.3 Å². The maximum Gasteiger partial charge on any atom is 0.128 e. The second kappa shape index (κ2) is 5.12. The minimum atomic E-state index is 0.373. The van der Waals surface area contributed by atoms with Gasteiger partial charge in [-0.05, 0) is 50.3 Å². The van der Waals surface area contributed by atoms with Gasteiger partial charge in [0.2, 0.25) is 0 Å². The van der Waals surface area contributed by atoms with E-state index in [2.05, 4.69) is 28.9 Å². The smallest absolute Gasteiger partial charge is 0.128 e. The Kier molecular flexibility index (Phi) is 3.48. The Morgan fingerprint density at radius 3 is 3.00 bits per heavy atom. The summed E-state index contributed by atoms with van der Waals surface area (Å²) in [5, 5.41) is 0. The van der Waals surface area contributed by atoms with E-state index >= 15 is 0 Å². The van der Waals surface area contributed by atoms with Gasteiger partial charge >= 0.3 is 0 Å². The van der Waals surface area contributed by atoms with E-state index in [4.69, 9.17) is 4.74 Å². The number of aryl methyl sites for hydroxylation is 1. The molecule has 1 spiro atoms. The molecule has 1 aromatic heterocycles. The van der Waals surface area contributed by atoms with Gasteiger partial charge in [-0.25, -0.2) is 4.98 Å². The molecule has 3 nitrogen and oxygen atoms in total. The number of ether oxygens (including phenoxy) is 1. The van der Waals surface area contributed by atoms with Crippen molar-refractivity contribution in [3.8, 4) is 0 Å². The molecule has 3 heteroatoms. The van der Waals surface area contributed by atoms with Gasteiger partial charge in [-0.1, -0.05) is 6.42 Å². The first-order chi connectivity index (χ1) is 9.23. The van der Waals surface area contributed by atoms with Gasteiger partial charge in [0.25, 0.3) is 0 Å². The van der Waals surface area contributed by atoms with Crippen LogP contribution in [-0.2, 0) is 4.74 Å². The highest BCUT2D eigenvalue weighted by Gasteiger charge is 2.45. The van der Waals surface area contributed by atoms with Crippen LogP contribution in [0.1, 0.15) is 37.7 Å². The summed E-state index contributed by atoms with van der Waals surface area (Å²) in [6, 6.07) is 4.27. The lowest BCUT2D eigenvalue weighted by atomic mass is 9.76. The summed E-state index contributed by atoms with van der Waals surface area (Å²) in [5.41, 5.74) is 1.66. The van der Waals surface area contributed by atoms with E-state index in [0.717, 1.165) is 18.9 Å². The predicted octanol–water partition coefficient (Wildman–Crippen LogP) is 3.18. The topological polar surface area (TPSA) is 25.4 Å². The molecule has 104 valence electrons. The summed E-state index contributed by atoms with van der Waals surface area (Å²) in [7, 11) is 1.88. The molecular formula is C16H24N2O. The lowest BCUT2D eigenvalue weighted by Gasteiger charge is -2.44. The average Bonchev–Trinajstić information content (AvgIpc) is 2.81. The molecule has 2 aliphatic rings. The molecule has 2 heterocycles. The van der Waals surface area contributed by atoms with Crippen LogP contribution in [0.5, 0.6) is 0 Å². The third-order valence-corrected chi connectivity index (χ3v) is 4.94. The number of nitrogens with zero attached hydrogens (tertiary/aromatic N) is 2. The van der Waals surface area contributed by atoms with Crippen LogP contribution in [0.4, 0.5) is 5.82 Å². The minimum absolute atomic E-state index is 0.373.